The van der Waals surface area contributed by atoms with Crippen LogP contribution in [-0.2, 0) is 29.0 Å². The number of amides is 3. The quantitative estimate of drug-likeness (QED) is 0.0382. The molecule has 2 heterocycles. The summed E-state index contributed by atoms with van der Waals surface area (Å²) in [5, 5.41) is 0.491. The lowest BCUT2D eigenvalue weighted by Crippen LogP contribution is -2.43. The second-order valence-corrected chi connectivity index (χ2v) is 20.1. The van der Waals surface area contributed by atoms with Gasteiger partial charge in [0.1, 0.15) is 35.2 Å². The van der Waals surface area contributed by atoms with Crippen LogP contribution >= 0.6 is 11.6 Å². The van der Waals surface area contributed by atoms with Gasteiger partial charge in [0.05, 0.1) is 67.4 Å². The zero-order valence-corrected chi connectivity index (χ0v) is 40.8. The summed E-state index contributed by atoms with van der Waals surface area (Å²) >= 11 is 6.67. The van der Waals surface area contributed by atoms with Gasteiger partial charge in [-0.05, 0) is 110 Å². The molecule has 2 aliphatic carbocycles. The summed E-state index contributed by atoms with van der Waals surface area (Å²) in [7, 11) is -3.69. The van der Waals surface area contributed by atoms with E-state index in [1.807, 2.05) is 19.1 Å². The van der Waals surface area contributed by atoms with Crippen molar-refractivity contribution in [3.8, 4) is 33.9 Å². The zero-order valence-electron chi connectivity index (χ0n) is 39.3. The van der Waals surface area contributed by atoms with Crippen molar-refractivity contribution in [3.05, 3.63) is 110 Å². The summed E-state index contributed by atoms with van der Waals surface area (Å²) < 4.78 is 61.5. The number of hydrogen-bond acceptors (Lipinski definition) is 13. The number of anilines is 1. The fraction of sp³-hybridized carbons (Fsp3) is 0.404. The van der Waals surface area contributed by atoms with E-state index in [1.165, 1.54) is 29.2 Å². The Bertz CT molecular complexity index is 2990. The van der Waals surface area contributed by atoms with Crippen molar-refractivity contribution >= 4 is 61.8 Å². The van der Waals surface area contributed by atoms with E-state index in [0.717, 1.165) is 24.7 Å². The van der Waals surface area contributed by atoms with E-state index in [2.05, 4.69) is 4.72 Å². The van der Waals surface area contributed by atoms with Crippen LogP contribution in [0.1, 0.15) is 94.9 Å². The highest BCUT2D eigenvalue weighted by atomic mass is 35.5. The Morgan fingerprint density at radius 1 is 0.829 bits per heavy atom. The minimum absolute atomic E-state index is 0.0485. The van der Waals surface area contributed by atoms with Gasteiger partial charge in [0, 0.05) is 60.0 Å². The molecule has 0 bridgehead atoms. The molecule has 5 aromatic rings. The first-order valence-electron chi connectivity index (χ1n) is 23.5. The van der Waals surface area contributed by atoms with Crippen molar-refractivity contribution in [1.29, 1.82) is 0 Å². The molecule has 1 aliphatic heterocycles. The Labute approximate surface area is 410 Å². The largest absolute Gasteiger partial charge is 0.493 e. The molecule has 16 nitrogen and oxygen atoms in total. The van der Waals surface area contributed by atoms with Gasteiger partial charge in [0.25, 0.3) is 11.8 Å². The monoisotopic (exact) mass is 997 g/mol. The lowest BCUT2D eigenvalue weighted by atomic mass is 9.95. The van der Waals surface area contributed by atoms with E-state index >= 15 is 0 Å². The predicted molar refractivity (Wildman–Crippen MR) is 263 cm³/mol. The van der Waals surface area contributed by atoms with Crippen LogP contribution in [0.4, 0.5) is 5.69 Å². The van der Waals surface area contributed by atoms with Gasteiger partial charge >= 0.3 is 0 Å². The van der Waals surface area contributed by atoms with Gasteiger partial charge in [-0.3, -0.25) is 33.6 Å². The number of ketones is 1. The summed E-state index contributed by atoms with van der Waals surface area (Å²) in [6, 6.07) is 19.1. The fourth-order valence-electron chi connectivity index (χ4n) is 9.37. The number of halogens is 1. The van der Waals surface area contributed by atoms with E-state index in [4.69, 9.17) is 45.4 Å². The normalized spacial score (nSPS) is 19.0. The SMILES string of the molecule is CCOc1cc2oc(-c3ccc(OCCOCCOCCOCCC4CC4c4cccc5c4C(=O)N(C4CCC(=O)CCC4C)C5=O)cc3Cl)cc(=O)c2cc1-c1cc(NS(C)(=O)=O)cc(C(N)=O)c1. The number of nitrogens with zero attached hydrogens (tertiary/aromatic N) is 1. The molecule has 70 heavy (non-hydrogen) atoms. The van der Waals surface area contributed by atoms with Crippen molar-refractivity contribution in [1.82, 2.24) is 4.90 Å². The second kappa shape index (κ2) is 21.9. The standard InChI is InChI=1S/C52H56ClN3O13S/c1-4-67-46-29-48-42(27-41(46)32-22-33(50(54)59)24-34(23-32)55-70(3,62)63)45(58)28-47(69-48)38-12-11-36(26-43(38)53)68-21-20-66-19-18-65-17-16-64-15-14-31-25-40(31)37-6-5-7-39-49(37)52(61)56(51(39)60)44-13-10-35(57)9-8-30(44)2/h5-7,11-12,22-24,26-31,40,44,55H,4,8-10,13-21,25H2,1-3H3,(H2,54,59). The van der Waals surface area contributed by atoms with Crippen molar-refractivity contribution in [2.75, 3.05) is 63.8 Å². The number of carbonyl (C=O) groups is 4. The summed E-state index contributed by atoms with van der Waals surface area (Å²) in [6.45, 7) is 6.76. The average Bonchev–Trinajstić information content (AvgIpc) is 4.07. The summed E-state index contributed by atoms with van der Waals surface area (Å²) in [4.78, 5) is 66.5. The molecule has 4 atom stereocenters. The van der Waals surface area contributed by atoms with Crippen LogP contribution in [0, 0.1) is 11.8 Å². The molecule has 0 spiro atoms. The highest BCUT2D eigenvalue weighted by Crippen LogP contribution is 2.52. The summed E-state index contributed by atoms with van der Waals surface area (Å²) in [6.07, 6.45) is 4.87. The minimum atomic E-state index is -3.69. The van der Waals surface area contributed by atoms with Crippen molar-refractivity contribution in [2.45, 2.75) is 64.3 Å². The number of Topliss-reactive ketones (excluding diaryl/α,β-unsaturated/α-hetero) is 1. The number of imide groups is 1. The fourth-order valence-corrected chi connectivity index (χ4v) is 10.2. The van der Waals surface area contributed by atoms with Crippen LogP contribution in [0.3, 0.4) is 0 Å². The van der Waals surface area contributed by atoms with Gasteiger partial charge in [-0.25, -0.2) is 8.42 Å². The molecule has 0 saturated heterocycles. The zero-order chi connectivity index (χ0) is 49.7. The van der Waals surface area contributed by atoms with E-state index in [1.54, 1.807) is 43.3 Å². The van der Waals surface area contributed by atoms with Crippen LogP contribution < -0.4 is 25.4 Å². The van der Waals surface area contributed by atoms with Crippen molar-refractivity contribution in [2.24, 2.45) is 17.6 Å². The third-order valence-corrected chi connectivity index (χ3v) is 13.8. The molecule has 18 heteroatoms. The predicted octanol–water partition coefficient (Wildman–Crippen LogP) is 8.02. The van der Waals surface area contributed by atoms with Gasteiger partial charge < -0.3 is 33.8 Å². The molecule has 0 radical (unpaired) electrons. The number of benzene rings is 4. The molecule has 2 saturated carbocycles. The van der Waals surface area contributed by atoms with Crippen LogP contribution in [0.5, 0.6) is 11.5 Å². The highest BCUT2D eigenvalue weighted by Gasteiger charge is 2.47. The van der Waals surface area contributed by atoms with E-state index < -0.39 is 15.9 Å². The van der Waals surface area contributed by atoms with Crippen LogP contribution in [0.2, 0.25) is 5.02 Å². The third kappa shape index (κ3) is 11.7. The van der Waals surface area contributed by atoms with Crippen molar-refractivity contribution < 1.29 is 55.7 Å². The number of rotatable bonds is 22. The number of primary amides is 1. The number of sulfonamides is 1. The number of ether oxygens (including phenoxy) is 5. The topological polar surface area (TPSA) is 220 Å². The number of nitrogens with two attached hydrogens (primary N) is 1. The first-order chi connectivity index (χ1) is 33.6. The van der Waals surface area contributed by atoms with E-state index in [-0.39, 0.29) is 87.1 Å². The van der Waals surface area contributed by atoms with Crippen molar-refractivity contribution in [3.63, 3.8) is 0 Å². The summed E-state index contributed by atoms with van der Waals surface area (Å²) in [5.41, 5.74) is 8.75. The molecule has 3 amide bonds. The second-order valence-electron chi connectivity index (χ2n) is 17.9. The van der Waals surface area contributed by atoms with Crippen LogP contribution in [-0.4, -0.2) is 102 Å². The molecular weight excluding hydrogens is 942 g/mol. The molecule has 3 aliphatic rings. The van der Waals surface area contributed by atoms with E-state index in [9.17, 15) is 32.4 Å². The van der Waals surface area contributed by atoms with Gasteiger partial charge in [-0.15, -0.1) is 0 Å². The third-order valence-electron chi connectivity index (χ3n) is 12.9. The molecule has 4 unspecified atom stereocenters. The highest BCUT2D eigenvalue weighted by molar-refractivity contribution is 7.92. The number of nitrogens with one attached hydrogen (secondary N) is 1. The van der Waals surface area contributed by atoms with Gasteiger partial charge in [-0.1, -0.05) is 30.7 Å². The maximum atomic E-state index is 13.7. The number of fused-ring (bicyclic) bond motifs is 2. The van der Waals surface area contributed by atoms with Crippen LogP contribution in [0.25, 0.3) is 33.4 Å². The maximum absolute atomic E-state index is 13.7. The Hall–Kier alpha value is -6.11. The van der Waals surface area contributed by atoms with Crippen LogP contribution in [0.15, 0.2) is 82.0 Å². The average molecular weight is 999 g/mol. The molecule has 2 fully saturated rings. The smallest absolute Gasteiger partial charge is 0.262 e. The van der Waals surface area contributed by atoms with Gasteiger partial charge in [0.15, 0.2) is 5.43 Å². The Morgan fingerprint density at radius 2 is 1.56 bits per heavy atom. The molecular formula is C52H56ClN3O13S. The minimum Gasteiger partial charge on any atom is -0.493 e. The molecule has 8 rings (SSSR count). The van der Waals surface area contributed by atoms with Gasteiger partial charge in [-0.2, -0.15) is 0 Å². The summed E-state index contributed by atoms with van der Waals surface area (Å²) in [5.74, 6) is 0.632. The molecule has 4 aromatic carbocycles. The first kappa shape index (κ1) is 50.3. The lowest BCUT2D eigenvalue weighted by Gasteiger charge is -2.29. The number of carbonyl (C=O) groups excluding carboxylic acids is 4. The molecule has 370 valence electrons. The number of hydrogen-bond donors (Lipinski definition) is 2. The Kier molecular flexibility index (Phi) is 15.7. The van der Waals surface area contributed by atoms with E-state index in [0.29, 0.717) is 111 Å². The Morgan fingerprint density at radius 3 is 2.27 bits per heavy atom. The molecule has 1 aromatic heterocycles. The maximum Gasteiger partial charge on any atom is 0.262 e. The first-order valence-corrected chi connectivity index (χ1v) is 25.7. The lowest BCUT2D eigenvalue weighted by molar-refractivity contribution is -0.119. The Balaban J connectivity index is 0.753. The van der Waals surface area contributed by atoms with Gasteiger partial charge in [0.2, 0.25) is 15.9 Å². The molecule has 3 N–H and O–H groups in total.